The topological polar surface area (TPSA) is 72.2 Å². The summed E-state index contributed by atoms with van der Waals surface area (Å²) in [6, 6.07) is 11.3. The summed E-state index contributed by atoms with van der Waals surface area (Å²) in [5.41, 5.74) is 5.77. The molecule has 6 heteroatoms. The van der Waals surface area contributed by atoms with Crippen LogP contribution in [0.3, 0.4) is 0 Å². The minimum absolute atomic E-state index is 0.213. The van der Waals surface area contributed by atoms with E-state index in [2.05, 4.69) is 43.3 Å². The maximum absolute atomic E-state index is 13.3. The number of hydrogen-bond donors (Lipinski definition) is 1. The first-order valence-electron chi connectivity index (χ1n) is 12.0. The predicted octanol–water partition coefficient (Wildman–Crippen LogP) is 7.62. The summed E-state index contributed by atoms with van der Waals surface area (Å²) < 4.78 is 34.4. The molecule has 1 unspecified atom stereocenters. The second kappa shape index (κ2) is 11.0. The largest absolute Gasteiger partial charge is 0.359 e. The van der Waals surface area contributed by atoms with Crippen LogP contribution in [-0.4, -0.2) is 13.6 Å². The van der Waals surface area contributed by atoms with E-state index in [1.807, 2.05) is 24.3 Å². The van der Waals surface area contributed by atoms with Crippen molar-refractivity contribution in [3.8, 4) is 11.1 Å². The number of nitrogens with one attached hydrogen (secondary N) is 1. The van der Waals surface area contributed by atoms with E-state index in [4.69, 9.17) is 4.52 Å². The monoisotopic (exact) mass is 480 g/mol. The van der Waals surface area contributed by atoms with Gasteiger partial charge in [-0.05, 0) is 62.4 Å². The number of unbranched alkanes of at least 4 members (excludes halogenated alkanes) is 3. The number of nitrogens with zero attached hydrogens (tertiary/aromatic N) is 1. The minimum atomic E-state index is -3.87. The van der Waals surface area contributed by atoms with E-state index in [1.165, 1.54) is 36.8 Å². The van der Waals surface area contributed by atoms with Gasteiger partial charge in [-0.25, -0.2) is 8.42 Å². The maximum Gasteiger partial charge on any atom is 0.263 e. The van der Waals surface area contributed by atoms with Crippen LogP contribution in [0.15, 0.2) is 58.5 Å². The highest BCUT2D eigenvalue weighted by Crippen LogP contribution is 2.36. The Morgan fingerprint density at radius 1 is 0.971 bits per heavy atom. The second-order valence-electron chi connectivity index (χ2n) is 8.96. The lowest BCUT2D eigenvalue weighted by molar-refractivity contribution is 0.399. The number of aromatic nitrogens is 1. The van der Waals surface area contributed by atoms with E-state index in [0.717, 1.165) is 17.5 Å². The molecule has 1 atom stereocenters. The zero-order valence-corrected chi connectivity index (χ0v) is 21.8. The van der Waals surface area contributed by atoms with Crippen LogP contribution >= 0.6 is 0 Å². The number of anilines is 1. The zero-order valence-electron chi connectivity index (χ0n) is 20.9. The first kappa shape index (κ1) is 25.8. The van der Waals surface area contributed by atoms with Gasteiger partial charge in [-0.3, -0.25) is 4.72 Å². The minimum Gasteiger partial charge on any atom is -0.359 e. The van der Waals surface area contributed by atoms with Gasteiger partial charge < -0.3 is 4.52 Å². The van der Waals surface area contributed by atoms with E-state index in [0.29, 0.717) is 22.8 Å². The fourth-order valence-electron chi connectivity index (χ4n) is 4.35. The molecule has 0 fully saturated rings. The number of aryl methyl sites for hydroxylation is 1. The second-order valence-corrected chi connectivity index (χ2v) is 10.6. The molecule has 1 heterocycles. The van der Waals surface area contributed by atoms with Crippen LogP contribution in [-0.2, 0) is 10.0 Å². The van der Waals surface area contributed by atoms with Gasteiger partial charge in [0.25, 0.3) is 10.0 Å². The zero-order chi connectivity index (χ0) is 24.9. The fraction of sp³-hybridized carbons (Fsp3) is 0.393. The van der Waals surface area contributed by atoms with Gasteiger partial charge in [-0.2, -0.15) is 0 Å². The Kier molecular flexibility index (Phi) is 8.37. The summed E-state index contributed by atoms with van der Waals surface area (Å²) in [6.45, 7) is 14.0. The first-order valence-corrected chi connectivity index (χ1v) is 13.5. The summed E-state index contributed by atoms with van der Waals surface area (Å²) in [5, 5.41) is 3.86. The maximum atomic E-state index is 13.3. The van der Waals surface area contributed by atoms with Gasteiger partial charge in [-0.1, -0.05) is 74.2 Å². The summed E-state index contributed by atoms with van der Waals surface area (Å²) in [4.78, 5) is 0.213. The lowest BCUT2D eigenvalue weighted by atomic mass is 9.85. The van der Waals surface area contributed by atoms with Crippen molar-refractivity contribution in [3.63, 3.8) is 0 Å². The molecule has 0 amide bonds. The molecule has 0 aliphatic carbocycles. The van der Waals surface area contributed by atoms with Crippen LogP contribution < -0.4 is 4.72 Å². The molecule has 0 radical (unpaired) electrons. The highest BCUT2D eigenvalue weighted by atomic mass is 32.2. The van der Waals surface area contributed by atoms with Crippen molar-refractivity contribution in [2.24, 2.45) is 0 Å². The van der Waals surface area contributed by atoms with E-state index >= 15 is 0 Å². The van der Waals surface area contributed by atoms with Crippen LogP contribution in [0, 0.1) is 27.7 Å². The Hall–Kier alpha value is -2.86. The molecule has 2 aromatic carbocycles. The Labute approximate surface area is 204 Å². The van der Waals surface area contributed by atoms with Gasteiger partial charge in [0, 0.05) is 17.0 Å². The number of benzene rings is 2. The SMILES string of the molecule is C=CC(CCCCCC)c1ccc(-c2ccccc2S(=O)(=O)Nc2noc(C)c2C)c(C)c1C. The van der Waals surface area contributed by atoms with Crippen LogP contribution in [0.2, 0.25) is 0 Å². The van der Waals surface area contributed by atoms with E-state index in [9.17, 15) is 8.42 Å². The van der Waals surface area contributed by atoms with Crippen molar-refractivity contribution in [1.29, 1.82) is 0 Å². The summed E-state index contributed by atoms with van der Waals surface area (Å²) in [7, 11) is -3.87. The van der Waals surface area contributed by atoms with Gasteiger partial charge in [-0.15, -0.1) is 6.58 Å². The standard InChI is InChI=1S/C28H36N2O3S/c1-7-9-10-11-14-23(8-2)24-17-18-25(20(4)19(24)3)26-15-12-13-16-27(26)34(31,32)30-28-21(5)22(6)33-29-28/h8,12-13,15-18,23H,2,7,9-11,14H2,1,3-6H3,(H,29,30). The molecule has 0 bridgehead atoms. The van der Waals surface area contributed by atoms with Crippen molar-refractivity contribution < 1.29 is 12.9 Å². The van der Waals surface area contributed by atoms with E-state index in [1.54, 1.807) is 26.0 Å². The van der Waals surface area contributed by atoms with E-state index < -0.39 is 10.0 Å². The molecule has 0 saturated heterocycles. The molecule has 0 aliphatic heterocycles. The molecular weight excluding hydrogens is 444 g/mol. The van der Waals surface area contributed by atoms with Crippen LogP contribution in [0.1, 0.15) is 73.0 Å². The van der Waals surface area contributed by atoms with Gasteiger partial charge in [0.1, 0.15) is 5.76 Å². The van der Waals surface area contributed by atoms with Gasteiger partial charge in [0.05, 0.1) is 4.90 Å². The Morgan fingerprint density at radius 3 is 2.35 bits per heavy atom. The average molecular weight is 481 g/mol. The molecule has 0 aliphatic rings. The fourth-order valence-corrected chi connectivity index (χ4v) is 5.63. The number of sulfonamides is 1. The van der Waals surface area contributed by atoms with Crippen LogP contribution in [0.4, 0.5) is 5.82 Å². The van der Waals surface area contributed by atoms with Crippen molar-refractivity contribution in [3.05, 3.63) is 77.1 Å². The molecule has 5 nitrogen and oxygen atoms in total. The third-order valence-corrected chi connectivity index (χ3v) is 8.13. The van der Waals surface area contributed by atoms with Gasteiger partial charge >= 0.3 is 0 Å². The Morgan fingerprint density at radius 2 is 1.71 bits per heavy atom. The number of rotatable bonds is 11. The molecule has 3 aromatic rings. The molecule has 0 saturated carbocycles. The Balaban J connectivity index is 1.98. The molecule has 182 valence electrons. The molecule has 3 rings (SSSR count). The van der Waals surface area contributed by atoms with E-state index in [-0.39, 0.29) is 10.7 Å². The quantitative estimate of drug-likeness (QED) is 0.226. The normalized spacial score (nSPS) is 12.5. The number of hydrogen-bond acceptors (Lipinski definition) is 4. The summed E-state index contributed by atoms with van der Waals surface area (Å²) in [6.07, 6.45) is 8.01. The van der Waals surface area contributed by atoms with Crippen molar-refractivity contribution in [1.82, 2.24) is 5.16 Å². The Bertz CT molecular complexity index is 1260. The molecule has 1 N–H and O–H groups in total. The van der Waals surface area contributed by atoms with Crippen LogP contribution in [0.25, 0.3) is 11.1 Å². The van der Waals surface area contributed by atoms with Crippen LogP contribution in [0.5, 0.6) is 0 Å². The lowest BCUT2D eigenvalue weighted by Gasteiger charge is -2.20. The highest BCUT2D eigenvalue weighted by molar-refractivity contribution is 7.92. The molecule has 0 spiro atoms. The summed E-state index contributed by atoms with van der Waals surface area (Å²) in [5.74, 6) is 1.09. The lowest BCUT2D eigenvalue weighted by Crippen LogP contribution is -2.15. The van der Waals surface area contributed by atoms with Crippen molar-refractivity contribution in [2.75, 3.05) is 4.72 Å². The molecule has 1 aromatic heterocycles. The smallest absolute Gasteiger partial charge is 0.263 e. The summed E-state index contributed by atoms with van der Waals surface area (Å²) >= 11 is 0. The van der Waals surface area contributed by atoms with Crippen molar-refractivity contribution in [2.45, 2.75) is 77.5 Å². The first-order chi connectivity index (χ1) is 16.2. The average Bonchev–Trinajstić information content (AvgIpc) is 3.13. The van der Waals surface area contributed by atoms with Gasteiger partial charge in [0.2, 0.25) is 0 Å². The molecule has 34 heavy (non-hydrogen) atoms. The molecular formula is C28H36N2O3S. The van der Waals surface area contributed by atoms with Gasteiger partial charge in [0.15, 0.2) is 5.82 Å². The predicted molar refractivity (Wildman–Crippen MR) is 140 cm³/mol. The third-order valence-electron chi connectivity index (χ3n) is 6.74. The van der Waals surface area contributed by atoms with Crippen molar-refractivity contribution >= 4 is 15.8 Å². The third kappa shape index (κ3) is 5.44. The number of allylic oxidation sites excluding steroid dienone is 1. The highest BCUT2D eigenvalue weighted by Gasteiger charge is 2.24.